The fourth-order valence-corrected chi connectivity index (χ4v) is 1.90. The first-order valence-electron chi connectivity index (χ1n) is 5.66. The van der Waals surface area contributed by atoms with Crippen molar-refractivity contribution in [1.82, 2.24) is 15.1 Å². The van der Waals surface area contributed by atoms with Crippen LogP contribution in [0.5, 0.6) is 0 Å². The number of nitriles is 1. The second-order valence-electron chi connectivity index (χ2n) is 3.74. The molecule has 0 amide bonds. The van der Waals surface area contributed by atoms with Gasteiger partial charge >= 0.3 is 0 Å². The van der Waals surface area contributed by atoms with E-state index in [0.717, 1.165) is 5.69 Å². The molecule has 19 heavy (non-hydrogen) atoms. The van der Waals surface area contributed by atoms with E-state index in [0.29, 0.717) is 11.7 Å². The Morgan fingerprint density at radius 2 is 2.26 bits per heavy atom. The summed E-state index contributed by atoms with van der Waals surface area (Å²) in [6, 6.07) is 10.1. The summed E-state index contributed by atoms with van der Waals surface area (Å²) in [6.45, 7) is 0.705. The molecule has 0 aliphatic carbocycles. The Kier molecular flexibility index (Phi) is 4.59. The standard InChI is InChI=1S/C13H13N5S/c1-19-13(15-10-14)17-12-7-16-18(9-12)8-11-5-3-2-4-6-11/h2-7,9H,8H2,1H3,(H,15,17). The van der Waals surface area contributed by atoms with Crippen molar-refractivity contribution in [3.05, 3.63) is 48.3 Å². The van der Waals surface area contributed by atoms with Gasteiger partial charge < -0.3 is 0 Å². The first-order valence-corrected chi connectivity index (χ1v) is 6.88. The van der Waals surface area contributed by atoms with Crippen LogP contribution >= 0.6 is 11.8 Å². The van der Waals surface area contributed by atoms with Gasteiger partial charge in [0.15, 0.2) is 11.4 Å². The Balaban J connectivity index is 2.09. The van der Waals surface area contributed by atoms with Crippen LogP contribution in [0.15, 0.2) is 47.7 Å². The molecular formula is C13H13N5S. The molecule has 6 heteroatoms. The summed E-state index contributed by atoms with van der Waals surface area (Å²) in [6.07, 6.45) is 7.24. The number of hydrogen-bond acceptors (Lipinski definition) is 4. The monoisotopic (exact) mass is 271 g/mol. The number of benzene rings is 1. The number of hydrogen-bond donors (Lipinski definition) is 1. The zero-order valence-corrected chi connectivity index (χ0v) is 11.3. The highest BCUT2D eigenvalue weighted by Crippen LogP contribution is 2.13. The van der Waals surface area contributed by atoms with Crippen molar-refractivity contribution in [3.8, 4) is 6.19 Å². The lowest BCUT2D eigenvalue weighted by molar-refractivity contribution is 0.687. The quantitative estimate of drug-likeness (QED) is 0.403. The van der Waals surface area contributed by atoms with Gasteiger partial charge in [0.05, 0.1) is 18.9 Å². The van der Waals surface area contributed by atoms with Crippen molar-refractivity contribution in [2.75, 3.05) is 6.26 Å². The number of rotatable bonds is 3. The number of aromatic nitrogens is 2. The van der Waals surface area contributed by atoms with Gasteiger partial charge in [-0.25, -0.2) is 4.99 Å². The third-order valence-electron chi connectivity index (χ3n) is 2.39. The van der Waals surface area contributed by atoms with Gasteiger partial charge in [-0.3, -0.25) is 10.00 Å². The fraction of sp³-hybridized carbons (Fsp3) is 0.154. The van der Waals surface area contributed by atoms with E-state index in [-0.39, 0.29) is 0 Å². The van der Waals surface area contributed by atoms with E-state index in [1.54, 1.807) is 6.20 Å². The van der Waals surface area contributed by atoms with Crippen molar-refractivity contribution in [2.45, 2.75) is 6.54 Å². The number of nitrogens with one attached hydrogen (secondary N) is 1. The molecule has 0 unspecified atom stereocenters. The van der Waals surface area contributed by atoms with Crippen LogP contribution in [0.3, 0.4) is 0 Å². The third-order valence-corrected chi connectivity index (χ3v) is 2.97. The zero-order chi connectivity index (χ0) is 13.5. The minimum atomic E-state index is 0.557. The van der Waals surface area contributed by atoms with Crippen LogP contribution < -0.4 is 5.32 Å². The smallest absolute Gasteiger partial charge is 0.183 e. The Bertz CT molecular complexity index is 597. The highest BCUT2D eigenvalue weighted by Gasteiger charge is 2.01. The average molecular weight is 271 g/mol. The maximum absolute atomic E-state index is 8.57. The Labute approximate surface area is 116 Å². The van der Waals surface area contributed by atoms with Crippen LogP contribution in [-0.4, -0.2) is 21.2 Å². The van der Waals surface area contributed by atoms with Crippen molar-refractivity contribution in [1.29, 1.82) is 5.26 Å². The molecule has 0 spiro atoms. The van der Waals surface area contributed by atoms with Gasteiger partial charge in [-0.2, -0.15) is 10.4 Å². The molecule has 1 N–H and O–H groups in total. The third kappa shape index (κ3) is 3.86. The van der Waals surface area contributed by atoms with Gasteiger partial charge in [-0.05, 0) is 11.8 Å². The molecular weight excluding hydrogens is 258 g/mol. The second kappa shape index (κ2) is 6.61. The number of aliphatic imine (C=N–C) groups is 1. The van der Waals surface area contributed by atoms with Gasteiger partial charge in [0, 0.05) is 0 Å². The van der Waals surface area contributed by atoms with Crippen LogP contribution in [0.4, 0.5) is 5.69 Å². The lowest BCUT2D eigenvalue weighted by atomic mass is 10.2. The maximum atomic E-state index is 8.57. The lowest BCUT2D eigenvalue weighted by Crippen LogP contribution is -2.12. The molecule has 0 radical (unpaired) electrons. The molecule has 0 aliphatic rings. The Morgan fingerprint density at radius 3 is 2.95 bits per heavy atom. The van der Waals surface area contributed by atoms with E-state index in [2.05, 4.69) is 27.5 Å². The molecule has 0 saturated carbocycles. The Hall–Kier alpha value is -2.26. The van der Waals surface area contributed by atoms with Crippen LogP contribution in [0.1, 0.15) is 5.56 Å². The van der Waals surface area contributed by atoms with E-state index in [1.807, 2.05) is 41.5 Å². The SMILES string of the molecule is CSC(=Nc1cnn(Cc2ccccc2)c1)NC#N. The van der Waals surface area contributed by atoms with Crippen LogP contribution in [-0.2, 0) is 6.54 Å². The normalized spacial score (nSPS) is 11.1. The van der Waals surface area contributed by atoms with Crippen molar-refractivity contribution in [2.24, 2.45) is 4.99 Å². The Morgan fingerprint density at radius 1 is 1.47 bits per heavy atom. The molecule has 1 aromatic heterocycles. The van der Waals surface area contributed by atoms with Crippen LogP contribution in [0.2, 0.25) is 0 Å². The van der Waals surface area contributed by atoms with Crippen molar-refractivity contribution >= 4 is 22.6 Å². The highest BCUT2D eigenvalue weighted by molar-refractivity contribution is 8.13. The average Bonchev–Trinajstić information content (AvgIpc) is 2.86. The summed E-state index contributed by atoms with van der Waals surface area (Å²) in [7, 11) is 0. The summed E-state index contributed by atoms with van der Waals surface area (Å²) < 4.78 is 1.82. The minimum Gasteiger partial charge on any atom is -0.271 e. The van der Waals surface area contributed by atoms with Crippen molar-refractivity contribution in [3.63, 3.8) is 0 Å². The molecule has 2 aromatic rings. The summed E-state index contributed by atoms with van der Waals surface area (Å²) in [5.74, 6) is 0. The first-order chi connectivity index (χ1) is 9.31. The summed E-state index contributed by atoms with van der Waals surface area (Å²) in [5, 5.41) is 15.9. The number of nitrogens with zero attached hydrogens (tertiary/aromatic N) is 4. The first kappa shape index (κ1) is 13.2. The van der Waals surface area contributed by atoms with Gasteiger partial charge in [-0.1, -0.05) is 42.1 Å². The van der Waals surface area contributed by atoms with E-state index >= 15 is 0 Å². The van der Waals surface area contributed by atoms with Crippen LogP contribution in [0.25, 0.3) is 0 Å². The van der Waals surface area contributed by atoms with E-state index in [9.17, 15) is 0 Å². The predicted molar refractivity (Wildman–Crippen MR) is 77.1 cm³/mol. The number of amidine groups is 1. The molecule has 0 aliphatic heterocycles. The summed E-state index contributed by atoms with van der Waals surface area (Å²) >= 11 is 1.38. The van der Waals surface area contributed by atoms with Gasteiger partial charge in [0.1, 0.15) is 5.69 Å². The minimum absolute atomic E-state index is 0.557. The topological polar surface area (TPSA) is 66.0 Å². The number of thioether (sulfide) groups is 1. The van der Waals surface area contributed by atoms with E-state index in [4.69, 9.17) is 5.26 Å². The van der Waals surface area contributed by atoms with E-state index in [1.165, 1.54) is 17.3 Å². The van der Waals surface area contributed by atoms with Crippen molar-refractivity contribution < 1.29 is 0 Å². The molecule has 0 atom stereocenters. The molecule has 96 valence electrons. The van der Waals surface area contributed by atoms with Gasteiger partial charge in [-0.15, -0.1) is 0 Å². The lowest BCUT2D eigenvalue weighted by Gasteiger charge is -2.00. The molecule has 5 nitrogen and oxygen atoms in total. The molecule has 0 fully saturated rings. The zero-order valence-electron chi connectivity index (χ0n) is 10.4. The summed E-state index contributed by atoms with van der Waals surface area (Å²) in [4.78, 5) is 4.29. The largest absolute Gasteiger partial charge is 0.271 e. The fourth-order valence-electron chi connectivity index (χ4n) is 1.56. The molecule has 2 rings (SSSR count). The predicted octanol–water partition coefficient (Wildman–Crippen LogP) is 2.35. The molecule has 0 bridgehead atoms. The molecule has 1 heterocycles. The highest BCUT2D eigenvalue weighted by atomic mass is 32.2. The molecule has 1 aromatic carbocycles. The maximum Gasteiger partial charge on any atom is 0.183 e. The van der Waals surface area contributed by atoms with E-state index < -0.39 is 0 Å². The van der Waals surface area contributed by atoms with Gasteiger partial charge in [0.2, 0.25) is 0 Å². The van der Waals surface area contributed by atoms with Gasteiger partial charge in [0.25, 0.3) is 0 Å². The van der Waals surface area contributed by atoms with Crippen LogP contribution in [0, 0.1) is 11.5 Å². The molecule has 0 saturated heterocycles. The summed E-state index contributed by atoms with van der Waals surface area (Å²) in [5.41, 5.74) is 1.91. The second-order valence-corrected chi connectivity index (χ2v) is 4.53.